The van der Waals surface area contributed by atoms with Crippen LogP contribution < -0.4 is 10.2 Å². The van der Waals surface area contributed by atoms with Gasteiger partial charge in [0.2, 0.25) is 5.95 Å². The van der Waals surface area contributed by atoms with Crippen LogP contribution >= 0.6 is 0 Å². The van der Waals surface area contributed by atoms with Gasteiger partial charge in [0.25, 0.3) is 0 Å². The number of pyridine rings is 2. The van der Waals surface area contributed by atoms with E-state index >= 15 is 8.78 Å². The maximum absolute atomic E-state index is 15.2. The van der Waals surface area contributed by atoms with E-state index in [2.05, 4.69) is 25.3 Å². The lowest BCUT2D eigenvalue weighted by Gasteiger charge is -2.29. The summed E-state index contributed by atoms with van der Waals surface area (Å²) in [6.07, 6.45) is 2.69. The first-order valence-corrected chi connectivity index (χ1v) is 12.2. The number of aromatic nitrogens is 4. The quantitative estimate of drug-likeness (QED) is 0.330. The molecule has 4 heterocycles. The number of esters is 1. The fraction of sp³-hybridized carbons (Fsp3) is 0.296. The number of halogens is 3. The number of anilines is 2. The van der Waals surface area contributed by atoms with Crippen molar-refractivity contribution < 1.29 is 22.7 Å². The van der Waals surface area contributed by atoms with E-state index in [1.807, 2.05) is 4.90 Å². The molecule has 0 unspecified atom stereocenters. The summed E-state index contributed by atoms with van der Waals surface area (Å²) in [4.78, 5) is 31.5. The fourth-order valence-electron chi connectivity index (χ4n) is 4.23. The summed E-state index contributed by atoms with van der Waals surface area (Å²) >= 11 is 0. The molecule has 1 saturated heterocycles. The zero-order valence-corrected chi connectivity index (χ0v) is 20.4. The van der Waals surface area contributed by atoms with Gasteiger partial charge in [-0.25, -0.2) is 14.2 Å². The topological polar surface area (TPSA) is 93.1 Å². The molecule has 38 heavy (non-hydrogen) atoms. The highest BCUT2D eigenvalue weighted by Crippen LogP contribution is 2.32. The Bertz CT molecular complexity index is 1410. The van der Waals surface area contributed by atoms with Crippen LogP contribution in [0.25, 0.3) is 11.0 Å². The molecule has 0 atom stereocenters. The van der Waals surface area contributed by atoms with Crippen LogP contribution in [0.3, 0.4) is 0 Å². The number of carbonyl (C=O) groups is 1. The van der Waals surface area contributed by atoms with Crippen molar-refractivity contribution in [1.29, 1.82) is 0 Å². The zero-order chi connectivity index (χ0) is 26.5. The average Bonchev–Trinajstić information content (AvgIpc) is 2.95. The molecule has 1 fully saturated rings. The van der Waals surface area contributed by atoms with E-state index in [0.29, 0.717) is 54.3 Å². The van der Waals surface area contributed by atoms with Crippen molar-refractivity contribution in [3.8, 4) is 0 Å². The number of nitrogens with zero attached hydrogens (tertiary/aromatic N) is 5. The monoisotopic (exact) mass is 522 g/mol. The first kappa shape index (κ1) is 25.4. The Balaban J connectivity index is 1.37. The standard InChI is InChI=1S/C27H25F3N6O2/c28-20-10-14-36(15-11-20)26-34-23-21(9-5-13-32-23)24(35-26)33-16-19-8-4-12-31-22(19)27(29,30)25(37)38-17-18-6-2-1-3-7-18/h1-9,12-13,20H,10-11,14-17H2,(H,32,33,34,35). The summed E-state index contributed by atoms with van der Waals surface area (Å²) in [5, 5.41) is 3.68. The molecular formula is C27H25F3N6O2. The molecule has 196 valence electrons. The number of piperidine rings is 1. The van der Waals surface area contributed by atoms with E-state index in [1.165, 1.54) is 18.3 Å². The van der Waals surface area contributed by atoms with Gasteiger partial charge in [0, 0.05) is 32.0 Å². The highest BCUT2D eigenvalue weighted by Gasteiger charge is 2.46. The lowest BCUT2D eigenvalue weighted by molar-refractivity contribution is -0.175. The minimum atomic E-state index is -3.97. The molecule has 11 heteroatoms. The summed E-state index contributed by atoms with van der Waals surface area (Å²) in [7, 11) is 0. The van der Waals surface area contributed by atoms with Crippen molar-refractivity contribution in [3.63, 3.8) is 0 Å². The molecule has 0 spiro atoms. The van der Waals surface area contributed by atoms with Crippen LogP contribution in [0.1, 0.15) is 29.7 Å². The summed E-state index contributed by atoms with van der Waals surface area (Å²) in [6, 6.07) is 15.0. The maximum Gasteiger partial charge on any atom is 0.384 e. The molecule has 0 saturated carbocycles. The van der Waals surface area contributed by atoms with Crippen LogP contribution in [0, 0.1) is 0 Å². The van der Waals surface area contributed by atoms with Gasteiger partial charge in [0.1, 0.15) is 24.3 Å². The molecule has 0 aliphatic carbocycles. The van der Waals surface area contributed by atoms with Crippen LogP contribution in [0.4, 0.5) is 24.9 Å². The van der Waals surface area contributed by atoms with E-state index < -0.39 is 23.8 Å². The van der Waals surface area contributed by atoms with Crippen molar-refractivity contribution >= 4 is 28.8 Å². The van der Waals surface area contributed by atoms with Gasteiger partial charge in [-0.2, -0.15) is 18.7 Å². The van der Waals surface area contributed by atoms with Gasteiger partial charge in [0.05, 0.1) is 5.39 Å². The summed E-state index contributed by atoms with van der Waals surface area (Å²) in [5.74, 6) is -4.89. The number of alkyl halides is 3. The average molecular weight is 523 g/mol. The lowest BCUT2D eigenvalue weighted by atomic mass is 10.1. The van der Waals surface area contributed by atoms with Crippen molar-refractivity contribution in [3.05, 3.63) is 83.8 Å². The molecule has 1 aliphatic heterocycles. The van der Waals surface area contributed by atoms with Gasteiger partial charge in [0.15, 0.2) is 5.65 Å². The number of hydrogen-bond donors (Lipinski definition) is 1. The number of hydrogen-bond acceptors (Lipinski definition) is 8. The van der Waals surface area contributed by atoms with Gasteiger partial charge in [-0.1, -0.05) is 36.4 Å². The van der Waals surface area contributed by atoms with Crippen LogP contribution in [-0.2, 0) is 28.6 Å². The Kier molecular flexibility index (Phi) is 7.34. The van der Waals surface area contributed by atoms with Gasteiger partial charge in [-0.05, 0) is 42.2 Å². The molecule has 4 aromatic rings. The molecule has 0 bridgehead atoms. The first-order valence-electron chi connectivity index (χ1n) is 12.2. The van der Waals surface area contributed by atoms with Crippen LogP contribution in [0.15, 0.2) is 67.0 Å². The number of rotatable bonds is 8. The lowest BCUT2D eigenvalue weighted by Crippen LogP contribution is -2.35. The highest BCUT2D eigenvalue weighted by molar-refractivity contribution is 5.87. The van der Waals surface area contributed by atoms with Gasteiger partial charge < -0.3 is 15.0 Å². The molecule has 5 rings (SSSR count). The van der Waals surface area contributed by atoms with Crippen LogP contribution in [0.2, 0.25) is 0 Å². The first-order chi connectivity index (χ1) is 18.4. The maximum atomic E-state index is 15.2. The third-order valence-electron chi connectivity index (χ3n) is 6.27. The second kappa shape index (κ2) is 11.0. The fourth-order valence-corrected chi connectivity index (χ4v) is 4.23. The van der Waals surface area contributed by atoms with Crippen molar-refractivity contribution in [2.45, 2.75) is 38.1 Å². The Hall–Kier alpha value is -4.28. The Morgan fingerprint density at radius 3 is 2.53 bits per heavy atom. The molecule has 8 nitrogen and oxygen atoms in total. The van der Waals surface area contributed by atoms with Crippen LogP contribution in [-0.4, -0.2) is 45.2 Å². The molecule has 3 aromatic heterocycles. The van der Waals surface area contributed by atoms with Gasteiger partial charge in [-0.15, -0.1) is 0 Å². The number of benzene rings is 1. The summed E-state index contributed by atoms with van der Waals surface area (Å²) in [6.45, 7) is 0.543. The highest BCUT2D eigenvalue weighted by atomic mass is 19.3. The van der Waals surface area contributed by atoms with Crippen molar-refractivity contribution in [2.75, 3.05) is 23.3 Å². The van der Waals surface area contributed by atoms with E-state index in [1.54, 1.807) is 48.7 Å². The number of carbonyl (C=O) groups excluding carboxylic acids is 1. The summed E-state index contributed by atoms with van der Waals surface area (Å²) in [5.41, 5.74) is 0.413. The second-order valence-corrected chi connectivity index (χ2v) is 8.91. The smallest absolute Gasteiger partial charge is 0.384 e. The predicted octanol–water partition coefficient (Wildman–Crippen LogP) is 4.81. The normalized spacial score (nSPS) is 14.4. The molecule has 1 aromatic carbocycles. The Morgan fingerprint density at radius 2 is 1.74 bits per heavy atom. The number of nitrogens with one attached hydrogen (secondary N) is 1. The molecule has 1 aliphatic rings. The van der Waals surface area contributed by atoms with E-state index in [0.717, 1.165) is 0 Å². The minimum absolute atomic E-state index is 0.0995. The zero-order valence-electron chi connectivity index (χ0n) is 20.4. The molecule has 0 radical (unpaired) electrons. The van der Waals surface area contributed by atoms with Crippen molar-refractivity contribution in [1.82, 2.24) is 19.9 Å². The van der Waals surface area contributed by atoms with Crippen LogP contribution in [0.5, 0.6) is 0 Å². The third-order valence-corrected chi connectivity index (χ3v) is 6.27. The second-order valence-electron chi connectivity index (χ2n) is 8.91. The SMILES string of the molecule is O=C(OCc1ccccc1)C(F)(F)c1ncccc1CNc1nc(N2CCC(F)CC2)nc2ncccc12. The molecular weight excluding hydrogens is 497 g/mol. The van der Waals surface area contributed by atoms with E-state index in [4.69, 9.17) is 4.74 Å². The predicted molar refractivity (Wildman–Crippen MR) is 135 cm³/mol. The summed E-state index contributed by atoms with van der Waals surface area (Å²) < 4.78 is 48.9. The van der Waals surface area contributed by atoms with E-state index in [9.17, 15) is 9.18 Å². The van der Waals surface area contributed by atoms with E-state index in [-0.39, 0.29) is 18.7 Å². The largest absolute Gasteiger partial charge is 0.456 e. The van der Waals surface area contributed by atoms with Crippen molar-refractivity contribution in [2.24, 2.45) is 0 Å². The number of ether oxygens (including phenoxy) is 1. The van der Waals surface area contributed by atoms with Gasteiger partial charge >= 0.3 is 11.9 Å². The Morgan fingerprint density at radius 1 is 1.00 bits per heavy atom. The van der Waals surface area contributed by atoms with Gasteiger partial charge in [-0.3, -0.25) is 4.98 Å². The third kappa shape index (κ3) is 5.51. The molecule has 0 amide bonds. The minimum Gasteiger partial charge on any atom is -0.456 e. The molecule has 1 N–H and O–H groups in total. The Labute approximate surface area is 216 Å². The number of fused-ring (bicyclic) bond motifs is 1.